The molecule has 1 atom stereocenters. The van der Waals surface area contributed by atoms with Gasteiger partial charge >= 0.3 is 0 Å². The highest BCUT2D eigenvalue weighted by Crippen LogP contribution is 2.27. The van der Waals surface area contributed by atoms with Gasteiger partial charge in [0.05, 0.1) is 0 Å². The van der Waals surface area contributed by atoms with E-state index in [1.165, 1.54) is 23.8 Å². The molecule has 0 N–H and O–H groups in total. The van der Waals surface area contributed by atoms with Crippen molar-refractivity contribution in [3.05, 3.63) is 71.8 Å². The Morgan fingerprint density at radius 3 is 2.00 bits per heavy atom. The minimum atomic E-state index is -2.84. The van der Waals surface area contributed by atoms with Crippen molar-refractivity contribution in [1.82, 2.24) is 0 Å². The largest absolute Gasteiger partial charge is 0.229 e. The molecule has 0 saturated carbocycles. The van der Waals surface area contributed by atoms with Crippen LogP contribution in [0.3, 0.4) is 0 Å². The van der Waals surface area contributed by atoms with Gasteiger partial charge in [0.1, 0.15) is 9.84 Å². The Morgan fingerprint density at radius 2 is 1.41 bits per heavy atom. The van der Waals surface area contributed by atoms with Gasteiger partial charge in [-0.25, -0.2) is 8.42 Å². The number of thioether (sulfide) groups is 2. The summed E-state index contributed by atoms with van der Waals surface area (Å²) in [5.41, 5.74) is 2.74. The summed E-state index contributed by atoms with van der Waals surface area (Å²) in [4.78, 5) is 0. The van der Waals surface area contributed by atoms with Gasteiger partial charge in [0.15, 0.2) is 0 Å². The van der Waals surface area contributed by atoms with Gasteiger partial charge in [-0.15, -0.1) is 0 Å². The van der Waals surface area contributed by atoms with Gasteiger partial charge in [0.25, 0.3) is 0 Å². The first-order valence-electron chi connectivity index (χ1n) is 9.48. The van der Waals surface area contributed by atoms with Crippen LogP contribution in [0.5, 0.6) is 0 Å². The van der Waals surface area contributed by atoms with Crippen molar-refractivity contribution < 1.29 is 8.42 Å². The Labute approximate surface area is 173 Å². The average molecular weight is 423 g/mol. The topological polar surface area (TPSA) is 34.1 Å². The van der Waals surface area contributed by atoms with Crippen molar-refractivity contribution in [2.24, 2.45) is 0 Å². The average Bonchev–Trinajstić information content (AvgIpc) is 2.66. The van der Waals surface area contributed by atoms with Crippen LogP contribution in [0.1, 0.15) is 36.8 Å². The molecule has 0 aliphatic rings. The molecule has 0 heterocycles. The molecule has 5 heteroatoms. The molecule has 0 bridgehead atoms. The molecule has 0 aliphatic carbocycles. The summed E-state index contributed by atoms with van der Waals surface area (Å²) in [5, 5.41) is 0.591. The van der Waals surface area contributed by atoms with E-state index in [1.54, 1.807) is 0 Å². The highest BCUT2D eigenvalue weighted by atomic mass is 32.2. The van der Waals surface area contributed by atoms with Crippen molar-refractivity contribution >= 4 is 33.4 Å². The molecule has 2 nitrogen and oxygen atoms in total. The lowest BCUT2D eigenvalue weighted by atomic mass is 10.1. The Hall–Kier alpha value is -0.910. The van der Waals surface area contributed by atoms with Crippen LogP contribution >= 0.6 is 23.5 Å². The highest BCUT2D eigenvalue weighted by molar-refractivity contribution is 7.99. The van der Waals surface area contributed by atoms with Crippen LogP contribution in [0.2, 0.25) is 0 Å². The van der Waals surface area contributed by atoms with E-state index in [4.69, 9.17) is 0 Å². The summed E-state index contributed by atoms with van der Waals surface area (Å²) < 4.78 is 22.6. The number of hydrogen-bond acceptors (Lipinski definition) is 4. The summed E-state index contributed by atoms with van der Waals surface area (Å²) in [5.74, 6) is 3.55. The highest BCUT2D eigenvalue weighted by Gasteiger charge is 2.11. The molecule has 0 spiro atoms. The zero-order valence-corrected chi connectivity index (χ0v) is 18.5. The quantitative estimate of drug-likeness (QED) is 0.381. The number of rotatable bonds is 13. The van der Waals surface area contributed by atoms with E-state index in [-0.39, 0.29) is 0 Å². The summed E-state index contributed by atoms with van der Waals surface area (Å²) in [6.07, 6.45) is 5.36. The summed E-state index contributed by atoms with van der Waals surface area (Å²) in [6, 6.07) is 21.2. The fourth-order valence-electron chi connectivity index (χ4n) is 2.81. The predicted octanol–water partition coefficient (Wildman–Crippen LogP) is 5.83. The first kappa shape index (κ1) is 22.4. The lowest BCUT2D eigenvalue weighted by Crippen LogP contribution is -2.08. The lowest BCUT2D eigenvalue weighted by Gasteiger charge is -2.16. The molecular formula is C22H30O2S3. The zero-order chi connectivity index (χ0) is 19.4. The lowest BCUT2D eigenvalue weighted by molar-refractivity contribution is 0.593. The Morgan fingerprint density at radius 1 is 0.815 bits per heavy atom. The van der Waals surface area contributed by atoms with E-state index in [9.17, 15) is 8.42 Å². The predicted molar refractivity (Wildman–Crippen MR) is 122 cm³/mol. The maximum atomic E-state index is 11.3. The van der Waals surface area contributed by atoms with E-state index < -0.39 is 9.84 Å². The zero-order valence-electron chi connectivity index (χ0n) is 16.0. The first-order chi connectivity index (χ1) is 13.0. The van der Waals surface area contributed by atoms with Crippen molar-refractivity contribution in [1.29, 1.82) is 0 Å². The Balaban J connectivity index is 1.74. The standard InChI is InChI=1S/C22H30O2S3/c1-27(23,24)17-9-8-14-22(26-19-21-12-6-3-7-13-21)15-16-25-18-20-10-4-2-5-11-20/h2-7,10-13,22H,8-9,14-19H2,1H3. The normalized spacial score (nSPS) is 12.8. The molecule has 0 aliphatic heterocycles. The minimum absolute atomic E-state index is 0.311. The molecule has 2 aromatic rings. The maximum Gasteiger partial charge on any atom is 0.147 e. The molecule has 0 amide bonds. The van der Waals surface area contributed by atoms with E-state index >= 15 is 0 Å². The molecule has 2 rings (SSSR count). The van der Waals surface area contributed by atoms with E-state index in [0.717, 1.165) is 36.5 Å². The second-order valence-electron chi connectivity index (χ2n) is 6.87. The van der Waals surface area contributed by atoms with Crippen LogP contribution in [0, 0.1) is 0 Å². The van der Waals surface area contributed by atoms with Crippen molar-refractivity contribution in [3.63, 3.8) is 0 Å². The molecule has 1 unspecified atom stereocenters. The van der Waals surface area contributed by atoms with Gasteiger partial charge in [-0.1, -0.05) is 67.1 Å². The van der Waals surface area contributed by atoms with Crippen molar-refractivity contribution in [3.8, 4) is 0 Å². The summed E-state index contributed by atoms with van der Waals surface area (Å²) in [6.45, 7) is 0. The van der Waals surface area contributed by atoms with Gasteiger partial charge in [0, 0.05) is 28.8 Å². The second-order valence-corrected chi connectivity index (χ2v) is 11.5. The number of sulfone groups is 1. The van der Waals surface area contributed by atoms with Crippen LogP contribution in [0.15, 0.2) is 60.7 Å². The SMILES string of the molecule is CS(=O)(=O)CCCCC(CCSCc1ccccc1)SCc1ccccc1. The van der Waals surface area contributed by atoms with Gasteiger partial charge in [-0.05, 0) is 36.1 Å². The van der Waals surface area contributed by atoms with Gasteiger partial charge in [0.2, 0.25) is 0 Å². The van der Waals surface area contributed by atoms with Crippen LogP contribution in [-0.4, -0.2) is 31.4 Å². The minimum Gasteiger partial charge on any atom is -0.229 e. The molecule has 148 valence electrons. The van der Waals surface area contributed by atoms with Crippen LogP contribution in [0.25, 0.3) is 0 Å². The number of hydrogen-bond donors (Lipinski definition) is 0. The molecule has 0 aromatic heterocycles. The smallest absolute Gasteiger partial charge is 0.147 e. The molecule has 0 radical (unpaired) electrons. The van der Waals surface area contributed by atoms with Gasteiger partial charge in [-0.3, -0.25) is 0 Å². The third-order valence-electron chi connectivity index (χ3n) is 4.32. The molecule has 2 aromatic carbocycles. The van der Waals surface area contributed by atoms with Gasteiger partial charge < -0.3 is 0 Å². The van der Waals surface area contributed by atoms with Crippen molar-refractivity contribution in [2.45, 2.75) is 42.4 Å². The van der Waals surface area contributed by atoms with Gasteiger partial charge in [-0.2, -0.15) is 23.5 Å². The third kappa shape index (κ3) is 10.9. The molecular weight excluding hydrogens is 392 g/mol. The van der Waals surface area contributed by atoms with Crippen LogP contribution in [-0.2, 0) is 21.3 Å². The fraction of sp³-hybridized carbons (Fsp3) is 0.455. The molecule has 27 heavy (non-hydrogen) atoms. The monoisotopic (exact) mass is 422 g/mol. The summed E-state index contributed by atoms with van der Waals surface area (Å²) >= 11 is 4.01. The Kier molecular flexibility index (Phi) is 10.4. The molecule has 0 fully saturated rings. The first-order valence-corrected chi connectivity index (χ1v) is 13.7. The molecule has 0 saturated heterocycles. The number of benzene rings is 2. The third-order valence-corrected chi connectivity index (χ3v) is 7.85. The van der Waals surface area contributed by atoms with Crippen molar-refractivity contribution in [2.75, 3.05) is 17.8 Å². The van der Waals surface area contributed by atoms with Crippen LogP contribution in [0.4, 0.5) is 0 Å². The number of unbranched alkanes of at least 4 members (excludes halogenated alkanes) is 1. The van der Waals surface area contributed by atoms with E-state index in [0.29, 0.717) is 11.0 Å². The maximum absolute atomic E-state index is 11.3. The van der Waals surface area contributed by atoms with E-state index in [2.05, 4.69) is 60.7 Å². The second kappa shape index (κ2) is 12.5. The summed E-state index contributed by atoms with van der Waals surface area (Å²) in [7, 11) is -2.84. The van der Waals surface area contributed by atoms with E-state index in [1.807, 2.05) is 23.5 Å². The fourth-order valence-corrected chi connectivity index (χ4v) is 5.95. The Bertz CT molecular complexity index is 731. The van der Waals surface area contributed by atoms with Crippen LogP contribution < -0.4 is 0 Å².